The molecule has 92 valence electrons. The van der Waals surface area contributed by atoms with Gasteiger partial charge in [0, 0.05) is 17.1 Å². The Bertz CT molecular complexity index is 405. The fourth-order valence-electron chi connectivity index (χ4n) is 2.48. The van der Waals surface area contributed by atoms with Gasteiger partial charge in [0.05, 0.1) is 5.56 Å². The average molecular weight is 296 g/mol. The Hall–Kier alpha value is -0.830. The van der Waals surface area contributed by atoms with Crippen LogP contribution in [0.2, 0.25) is 0 Å². The number of rotatable bonds is 2. The fourth-order valence-corrected chi connectivity index (χ4v) is 2.94. The molecule has 1 aliphatic rings. The van der Waals surface area contributed by atoms with E-state index in [0.717, 1.165) is 35.8 Å². The molecule has 2 nitrogen and oxygen atoms in total. The molecular weight excluding hydrogens is 278 g/mol. The van der Waals surface area contributed by atoms with Crippen LogP contribution in [0.15, 0.2) is 28.7 Å². The molecule has 0 aromatic heterocycles. The number of nitrogens with zero attached hydrogens (tertiary/aromatic N) is 1. The molecule has 0 aliphatic carbocycles. The van der Waals surface area contributed by atoms with Crippen molar-refractivity contribution < 1.29 is 4.79 Å². The number of benzene rings is 1. The van der Waals surface area contributed by atoms with Crippen LogP contribution in [0.4, 0.5) is 0 Å². The van der Waals surface area contributed by atoms with Crippen LogP contribution in [0.1, 0.15) is 43.0 Å². The van der Waals surface area contributed by atoms with E-state index in [1.165, 1.54) is 6.42 Å². The van der Waals surface area contributed by atoms with Gasteiger partial charge in [0.2, 0.25) is 0 Å². The predicted molar refractivity (Wildman–Crippen MR) is 73.1 cm³/mol. The third-order valence-electron chi connectivity index (χ3n) is 3.46. The van der Waals surface area contributed by atoms with Crippen molar-refractivity contribution in [2.75, 3.05) is 6.54 Å². The highest BCUT2D eigenvalue weighted by Gasteiger charge is 2.26. The van der Waals surface area contributed by atoms with Crippen molar-refractivity contribution in [2.24, 2.45) is 0 Å². The lowest BCUT2D eigenvalue weighted by Crippen LogP contribution is -2.43. The second-order valence-corrected chi connectivity index (χ2v) is 5.39. The summed E-state index contributed by atoms with van der Waals surface area (Å²) >= 11 is 3.46. The largest absolute Gasteiger partial charge is 0.336 e. The van der Waals surface area contributed by atoms with E-state index in [9.17, 15) is 4.79 Å². The van der Waals surface area contributed by atoms with E-state index >= 15 is 0 Å². The van der Waals surface area contributed by atoms with Crippen molar-refractivity contribution in [3.63, 3.8) is 0 Å². The van der Waals surface area contributed by atoms with Crippen molar-refractivity contribution in [2.45, 2.75) is 38.6 Å². The van der Waals surface area contributed by atoms with Crippen LogP contribution in [-0.4, -0.2) is 23.4 Å². The van der Waals surface area contributed by atoms with Crippen molar-refractivity contribution in [3.8, 4) is 0 Å². The second-order valence-electron chi connectivity index (χ2n) is 4.54. The normalized spacial score (nSPS) is 20.4. The maximum Gasteiger partial charge on any atom is 0.255 e. The fraction of sp³-hybridized carbons (Fsp3) is 0.500. The molecule has 17 heavy (non-hydrogen) atoms. The Morgan fingerprint density at radius 1 is 1.41 bits per heavy atom. The molecule has 0 bridgehead atoms. The van der Waals surface area contributed by atoms with Crippen molar-refractivity contribution >= 4 is 21.8 Å². The van der Waals surface area contributed by atoms with Gasteiger partial charge >= 0.3 is 0 Å². The van der Waals surface area contributed by atoms with E-state index < -0.39 is 0 Å². The Labute approximate surface area is 111 Å². The molecular formula is C14H18BrNO. The van der Waals surface area contributed by atoms with E-state index in [4.69, 9.17) is 0 Å². The topological polar surface area (TPSA) is 20.3 Å². The van der Waals surface area contributed by atoms with Crippen LogP contribution in [0.3, 0.4) is 0 Å². The van der Waals surface area contributed by atoms with Crippen LogP contribution in [0.25, 0.3) is 0 Å². The Morgan fingerprint density at radius 3 is 2.88 bits per heavy atom. The quantitative estimate of drug-likeness (QED) is 0.811. The zero-order chi connectivity index (χ0) is 12.3. The lowest BCUT2D eigenvalue weighted by Gasteiger charge is -2.35. The van der Waals surface area contributed by atoms with Gasteiger partial charge in [-0.2, -0.15) is 0 Å². The first-order valence-corrected chi connectivity index (χ1v) is 7.09. The number of hydrogen-bond acceptors (Lipinski definition) is 1. The van der Waals surface area contributed by atoms with Crippen molar-refractivity contribution in [3.05, 3.63) is 34.3 Å². The minimum Gasteiger partial charge on any atom is -0.336 e. The molecule has 1 heterocycles. The Kier molecular flexibility index (Phi) is 4.21. The molecule has 1 aliphatic heterocycles. The molecule has 0 saturated carbocycles. The Morgan fingerprint density at radius 2 is 2.18 bits per heavy atom. The van der Waals surface area contributed by atoms with E-state index in [0.29, 0.717) is 6.04 Å². The van der Waals surface area contributed by atoms with Crippen LogP contribution >= 0.6 is 15.9 Å². The van der Waals surface area contributed by atoms with Crippen LogP contribution in [-0.2, 0) is 0 Å². The summed E-state index contributed by atoms with van der Waals surface area (Å²) in [6.07, 6.45) is 4.58. The van der Waals surface area contributed by atoms with Gasteiger partial charge in [-0.3, -0.25) is 4.79 Å². The molecule has 1 aromatic rings. The molecule has 1 aromatic carbocycles. The summed E-state index contributed by atoms with van der Waals surface area (Å²) in [7, 11) is 0. The lowest BCUT2D eigenvalue weighted by atomic mass is 9.99. The molecule has 1 unspecified atom stereocenters. The highest BCUT2D eigenvalue weighted by Crippen LogP contribution is 2.24. The highest BCUT2D eigenvalue weighted by molar-refractivity contribution is 9.10. The maximum atomic E-state index is 12.5. The number of likely N-dealkylation sites (tertiary alicyclic amines) is 1. The first-order valence-electron chi connectivity index (χ1n) is 6.29. The van der Waals surface area contributed by atoms with Gasteiger partial charge in [0.1, 0.15) is 0 Å². The molecule has 1 saturated heterocycles. The minimum absolute atomic E-state index is 0.170. The molecule has 1 atom stereocenters. The third kappa shape index (κ3) is 2.71. The van der Waals surface area contributed by atoms with E-state index in [1.54, 1.807) is 0 Å². The van der Waals surface area contributed by atoms with Crippen LogP contribution in [0.5, 0.6) is 0 Å². The monoisotopic (exact) mass is 295 g/mol. The number of amides is 1. The van der Waals surface area contributed by atoms with Gasteiger partial charge in [0.15, 0.2) is 0 Å². The number of hydrogen-bond donors (Lipinski definition) is 0. The molecule has 0 N–H and O–H groups in total. The molecule has 2 rings (SSSR count). The second kappa shape index (κ2) is 5.67. The molecule has 0 radical (unpaired) electrons. The highest BCUT2D eigenvalue weighted by atomic mass is 79.9. The SMILES string of the molecule is CCC1CCCCN1C(=O)c1ccccc1Br. The van der Waals surface area contributed by atoms with Gasteiger partial charge in [-0.25, -0.2) is 0 Å². The first-order chi connectivity index (χ1) is 8.24. The van der Waals surface area contributed by atoms with Crippen molar-refractivity contribution in [1.82, 2.24) is 4.90 Å². The number of piperidine rings is 1. The van der Waals surface area contributed by atoms with Gasteiger partial charge in [-0.15, -0.1) is 0 Å². The summed E-state index contributed by atoms with van der Waals surface area (Å²) in [4.78, 5) is 14.5. The van der Waals surface area contributed by atoms with E-state index in [-0.39, 0.29) is 5.91 Å². The predicted octanol–water partition coefficient (Wildman–Crippen LogP) is 3.85. The molecule has 0 spiro atoms. The summed E-state index contributed by atoms with van der Waals surface area (Å²) in [5.74, 6) is 0.170. The van der Waals surface area contributed by atoms with Crippen LogP contribution in [0, 0.1) is 0 Å². The maximum absolute atomic E-state index is 12.5. The molecule has 1 fully saturated rings. The number of carbonyl (C=O) groups excluding carboxylic acids is 1. The van der Waals surface area contributed by atoms with Gasteiger partial charge in [-0.1, -0.05) is 19.1 Å². The lowest BCUT2D eigenvalue weighted by molar-refractivity contribution is 0.0607. The summed E-state index contributed by atoms with van der Waals surface area (Å²) in [5, 5.41) is 0. The minimum atomic E-state index is 0.170. The smallest absolute Gasteiger partial charge is 0.255 e. The van der Waals surface area contributed by atoms with Gasteiger partial charge < -0.3 is 4.90 Å². The van der Waals surface area contributed by atoms with Crippen LogP contribution < -0.4 is 0 Å². The number of halogens is 1. The first kappa shape index (κ1) is 12.6. The Balaban J connectivity index is 2.21. The number of carbonyl (C=O) groups is 1. The zero-order valence-corrected chi connectivity index (χ0v) is 11.7. The van der Waals surface area contributed by atoms with E-state index in [2.05, 4.69) is 22.9 Å². The van der Waals surface area contributed by atoms with Gasteiger partial charge in [0.25, 0.3) is 5.91 Å². The van der Waals surface area contributed by atoms with Crippen molar-refractivity contribution in [1.29, 1.82) is 0 Å². The average Bonchev–Trinajstić information content (AvgIpc) is 2.38. The molecule has 3 heteroatoms. The summed E-state index contributed by atoms with van der Waals surface area (Å²) in [6.45, 7) is 3.06. The van der Waals surface area contributed by atoms with E-state index in [1.807, 2.05) is 29.2 Å². The standard InChI is InChI=1S/C14H18BrNO/c1-2-11-7-5-6-10-16(11)14(17)12-8-3-4-9-13(12)15/h3-4,8-9,11H,2,5-7,10H2,1H3. The zero-order valence-electron chi connectivity index (χ0n) is 10.2. The molecule has 1 amide bonds. The van der Waals surface area contributed by atoms with Gasteiger partial charge in [-0.05, 0) is 53.7 Å². The summed E-state index contributed by atoms with van der Waals surface area (Å²) in [6, 6.07) is 8.10. The third-order valence-corrected chi connectivity index (χ3v) is 4.16. The summed E-state index contributed by atoms with van der Waals surface area (Å²) in [5.41, 5.74) is 0.785. The summed E-state index contributed by atoms with van der Waals surface area (Å²) < 4.78 is 0.894.